The Morgan fingerprint density at radius 1 is 1.13 bits per heavy atom. The molecule has 31 heavy (non-hydrogen) atoms. The average Bonchev–Trinajstić information content (AvgIpc) is 3.28. The van der Waals surface area contributed by atoms with Gasteiger partial charge in [-0.3, -0.25) is 5.10 Å². The fraction of sp³-hybridized carbons (Fsp3) is 0.583. The number of nitrogens with one attached hydrogen (secondary N) is 1. The van der Waals surface area contributed by atoms with E-state index in [4.69, 9.17) is 9.47 Å². The number of nitrogens with zero attached hydrogens (tertiary/aromatic N) is 3. The van der Waals surface area contributed by atoms with Crippen molar-refractivity contribution in [1.82, 2.24) is 20.0 Å². The van der Waals surface area contributed by atoms with Crippen LogP contribution in [0.2, 0.25) is 0 Å². The number of carbonyl (C=O) groups is 1. The van der Waals surface area contributed by atoms with Crippen molar-refractivity contribution in [2.24, 2.45) is 0 Å². The molecule has 2 unspecified atom stereocenters. The molecule has 4 rings (SSSR count). The number of methoxy groups -OCH3 is 1. The maximum Gasteiger partial charge on any atom is 0.320 e. The van der Waals surface area contributed by atoms with Gasteiger partial charge in [0.05, 0.1) is 25.5 Å². The number of hydrogen-bond acceptors (Lipinski definition) is 4. The lowest BCUT2D eigenvalue weighted by Crippen LogP contribution is -2.52. The van der Waals surface area contributed by atoms with Gasteiger partial charge in [-0.2, -0.15) is 5.10 Å². The first-order valence-electron chi connectivity index (χ1n) is 11.3. The first-order chi connectivity index (χ1) is 15.0. The van der Waals surface area contributed by atoms with E-state index in [-0.39, 0.29) is 11.9 Å². The molecule has 2 aliphatic rings. The molecule has 2 fully saturated rings. The molecule has 1 aromatic carbocycles. The standard InChI is InChI=1S/C24H34N4O3/c1-17-4-5-19(12-18(17)2)20-13-21(23-14-22(25-26-23)6-9-30-3)16-28(15-20)24(29)27-7-10-31-11-8-27/h4-5,12,14,20-21H,6-11,13,15-16H2,1-3H3,(H,25,26). The summed E-state index contributed by atoms with van der Waals surface area (Å²) in [6.45, 7) is 8.97. The van der Waals surface area contributed by atoms with Crippen LogP contribution in [0.5, 0.6) is 0 Å². The minimum Gasteiger partial charge on any atom is -0.384 e. The smallest absolute Gasteiger partial charge is 0.320 e. The van der Waals surface area contributed by atoms with Gasteiger partial charge in [-0.15, -0.1) is 0 Å². The van der Waals surface area contributed by atoms with Gasteiger partial charge in [-0.25, -0.2) is 4.79 Å². The number of aryl methyl sites for hydroxylation is 2. The molecule has 2 aliphatic heterocycles. The van der Waals surface area contributed by atoms with Crippen molar-refractivity contribution >= 4 is 6.03 Å². The Bertz CT molecular complexity index is 891. The van der Waals surface area contributed by atoms with Crippen LogP contribution < -0.4 is 0 Å². The zero-order valence-corrected chi connectivity index (χ0v) is 18.9. The lowest BCUT2D eigenvalue weighted by Gasteiger charge is -2.40. The van der Waals surface area contributed by atoms with Crippen LogP contribution in [0.4, 0.5) is 4.79 Å². The van der Waals surface area contributed by atoms with Crippen LogP contribution in [-0.4, -0.2) is 79.1 Å². The number of aromatic nitrogens is 2. The average molecular weight is 427 g/mol. The molecule has 0 bridgehead atoms. The Kier molecular flexibility index (Phi) is 6.92. The Morgan fingerprint density at radius 3 is 2.65 bits per heavy atom. The highest BCUT2D eigenvalue weighted by Gasteiger charge is 2.35. The number of rotatable bonds is 5. The van der Waals surface area contributed by atoms with Gasteiger partial charge < -0.3 is 19.3 Å². The van der Waals surface area contributed by atoms with E-state index in [1.54, 1.807) is 7.11 Å². The van der Waals surface area contributed by atoms with E-state index in [0.717, 1.165) is 30.8 Å². The Hall–Kier alpha value is -2.38. The maximum absolute atomic E-state index is 13.3. The number of urea groups is 1. The number of morpholine rings is 1. The molecule has 0 aliphatic carbocycles. The molecule has 2 aromatic rings. The summed E-state index contributed by atoms with van der Waals surface area (Å²) in [7, 11) is 1.71. The van der Waals surface area contributed by atoms with Crippen molar-refractivity contribution in [2.45, 2.75) is 38.5 Å². The summed E-state index contributed by atoms with van der Waals surface area (Å²) < 4.78 is 10.6. The van der Waals surface area contributed by atoms with E-state index in [9.17, 15) is 4.79 Å². The monoisotopic (exact) mass is 426 g/mol. The van der Waals surface area contributed by atoms with Gasteiger partial charge in [0.2, 0.25) is 0 Å². The normalized spacial score (nSPS) is 22.0. The summed E-state index contributed by atoms with van der Waals surface area (Å²) in [5.74, 6) is 0.500. The third-order valence-electron chi connectivity index (χ3n) is 6.65. The van der Waals surface area contributed by atoms with Crippen molar-refractivity contribution in [1.29, 1.82) is 0 Å². The molecule has 0 saturated carbocycles. The largest absolute Gasteiger partial charge is 0.384 e. The number of hydrogen-bond donors (Lipinski definition) is 1. The second-order valence-corrected chi connectivity index (χ2v) is 8.82. The molecule has 1 N–H and O–H groups in total. The minimum absolute atomic E-state index is 0.122. The highest BCUT2D eigenvalue weighted by atomic mass is 16.5. The van der Waals surface area contributed by atoms with Gasteiger partial charge in [-0.05, 0) is 43.0 Å². The molecule has 3 heterocycles. The lowest BCUT2D eigenvalue weighted by molar-refractivity contribution is 0.0398. The Labute approximate surface area is 184 Å². The van der Waals surface area contributed by atoms with Crippen molar-refractivity contribution in [3.63, 3.8) is 0 Å². The van der Waals surface area contributed by atoms with Crippen LogP contribution in [0.1, 0.15) is 46.3 Å². The third-order valence-corrected chi connectivity index (χ3v) is 6.65. The minimum atomic E-state index is 0.122. The molecule has 0 radical (unpaired) electrons. The molecule has 7 nitrogen and oxygen atoms in total. The van der Waals surface area contributed by atoms with Gasteiger partial charge in [0, 0.05) is 57.2 Å². The predicted octanol–water partition coefficient (Wildman–Crippen LogP) is 3.24. The zero-order chi connectivity index (χ0) is 21.8. The number of benzene rings is 1. The van der Waals surface area contributed by atoms with Crippen LogP contribution in [0.3, 0.4) is 0 Å². The van der Waals surface area contributed by atoms with Gasteiger partial charge in [0.25, 0.3) is 0 Å². The fourth-order valence-corrected chi connectivity index (χ4v) is 4.61. The van der Waals surface area contributed by atoms with Gasteiger partial charge in [0.15, 0.2) is 0 Å². The fourth-order valence-electron chi connectivity index (χ4n) is 4.61. The highest BCUT2D eigenvalue weighted by molar-refractivity contribution is 5.75. The summed E-state index contributed by atoms with van der Waals surface area (Å²) in [5.41, 5.74) is 6.03. The number of H-pyrrole nitrogens is 1. The third kappa shape index (κ3) is 5.10. The second-order valence-electron chi connectivity index (χ2n) is 8.82. The Morgan fingerprint density at radius 2 is 1.90 bits per heavy atom. The van der Waals surface area contributed by atoms with Crippen LogP contribution in [0, 0.1) is 13.8 Å². The maximum atomic E-state index is 13.3. The first kappa shape index (κ1) is 21.8. The molecular formula is C24H34N4O3. The number of ether oxygens (including phenoxy) is 2. The van der Waals surface area contributed by atoms with E-state index in [1.807, 2.05) is 9.80 Å². The van der Waals surface area contributed by atoms with E-state index >= 15 is 0 Å². The molecule has 2 atom stereocenters. The first-order valence-corrected chi connectivity index (χ1v) is 11.3. The van der Waals surface area contributed by atoms with Crippen molar-refractivity contribution in [3.8, 4) is 0 Å². The van der Waals surface area contributed by atoms with E-state index in [0.29, 0.717) is 45.4 Å². The summed E-state index contributed by atoms with van der Waals surface area (Å²) in [5, 5.41) is 7.76. The van der Waals surface area contributed by atoms with Crippen LogP contribution in [-0.2, 0) is 15.9 Å². The quantitative estimate of drug-likeness (QED) is 0.797. The molecule has 2 amide bonds. The molecule has 1 aromatic heterocycles. The number of likely N-dealkylation sites (tertiary alicyclic amines) is 1. The second kappa shape index (κ2) is 9.83. The SMILES string of the molecule is COCCc1cc(C2CC(c3ccc(C)c(C)c3)CN(C(=O)N3CCOCC3)C2)n[nH]1. The van der Waals surface area contributed by atoms with Crippen LogP contribution >= 0.6 is 0 Å². The Balaban J connectivity index is 1.57. The number of amides is 2. The zero-order valence-electron chi connectivity index (χ0n) is 18.9. The van der Waals surface area contributed by atoms with Gasteiger partial charge in [0.1, 0.15) is 0 Å². The highest BCUT2D eigenvalue weighted by Crippen LogP contribution is 2.36. The lowest BCUT2D eigenvalue weighted by atomic mass is 9.82. The molecule has 0 spiro atoms. The molecule has 168 valence electrons. The summed E-state index contributed by atoms with van der Waals surface area (Å²) in [6.07, 6.45) is 1.80. The van der Waals surface area contributed by atoms with Gasteiger partial charge >= 0.3 is 6.03 Å². The number of aromatic amines is 1. The molecule has 2 saturated heterocycles. The van der Waals surface area contributed by atoms with Crippen LogP contribution in [0.15, 0.2) is 24.3 Å². The van der Waals surface area contributed by atoms with Crippen LogP contribution in [0.25, 0.3) is 0 Å². The van der Waals surface area contributed by atoms with Gasteiger partial charge in [-0.1, -0.05) is 18.2 Å². The summed E-state index contributed by atoms with van der Waals surface area (Å²) >= 11 is 0. The number of piperidine rings is 1. The van der Waals surface area contributed by atoms with E-state index in [2.05, 4.69) is 48.3 Å². The van der Waals surface area contributed by atoms with Crippen molar-refractivity contribution in [2.75, 3.05) is 53.1 Å². The van der Waals surface area contributed by atoms with Crippen molar-refractivity contribution < 1.29 is 14.3 Å². The van der Waals surface area contributed by atoms with E-state index < -0.39 is 0 Å². The number of carbonyl (C=O) groups excluding carboxylic acids is 1. The van der Waals surface area contributed by atoms with Crippen molar-refractivity contribution in [3.05, 3.63) is 52.3 Å². The predicted molar refractivity (Wildman–Crippen MR) is 120 cm³/mol. The molecular weight excluding hydrogens is 392 g/mol. The topological polar surface area (TPSA) is 70.7 Å². The summed E-state index contributed by atoms with van der Waals surface area (Å²) in [6, 6.07) is 8.97. The van der Waals surface area contributed by atoms with E-state index in [1.165, 1.54) is 16.7 Å². The molecule has 7 heteroatoms. The summed E-state index contributed by atoms with van der Waals surface area (Å²) in [4.78, 5) is 17.3.